The van der Waals surface area contributed by atoms with Gasteiger partial charge in [0.25, 0.3) is 0 Å². The van der Waals surface area contributed by atoms with Gasteiger partial charge in [0.2, 0.25) is 0 Å². The summed E-state index contributed by atoms with van der Waals surface area (Å²) in [7, 11) is 0. The van der Waals surface area contributed by atoms with Crippen LogP contribution in [0.2, 0.25) is 0 Å². The number of hydrogen-bond donors (Lipinski definition) is 2. The van der Waals surface area contributed by atoms with Crippen LogP contribution < -0.4 is 10.6 Å². The molecule has 0 radical (unpaired) electrons. The average Bonchev–Trinajstić information content (AvgIpc) is 3.07. The van der Waals surface area contributed by atoms with Crippen LogP contribution in [-0.2, 0) is 12.1 Å². The first kappa shape index (κ1) is 17.3. The summed E-state index contributed by atoms with van der Waals surface area (Å²) in [5.74, 6) is 0.517. The lowest BCUT2D eigenvalue weighted by Crippen LogP contribution is -2.39. The summed E-state index contributed by atoms with van der Waals surface area (Å²) in [4.78, 5) is 4.69. The number of nitrogens with one attached hydrogen (secondary N) is 2. The van der Waals surface area contributed by atoms with Crippen LogP contribution in [-0.4, -0.2) is 5.96 Å². The van der Waals surface area contributed by atoms with Crippen LogP contribution in [0.15, 0.2) is 89.9 Å². The SMILES string of the molecule is C[C@]1(c2ccccc2)NC(=NCc2ccc(F)cc2)N[C@H]1c1ccccc1. The lowest BCUT2D eigenvalue weighted by atomic mass is 9.82. The fourth-order valence-electron chi connectivity index (χ4n) is 3.57. The van der Waals surface area contributed by atoms with E-state index in [4.69, 9.17) is 4.99 Å². The average molecular weight is 359 g/mol. The fraction of sp³-hybridized carbons (Fsp3) is 0.174. The van der Waals surface area contributed by atoms with E-state index < -0.39 is 0 Å². The molecule has 0 amide bonds. The Hall–Kier alpha value is -3.14. The molecule has 1 aliphatic heterocycles. The van der Waals surface area contributed by atoms with Gasteiger partial charge in [0.05, 0.1) is 18.1 Å². The van der Waals surface area contributed by atoms with Gasteiger partial charge in [-0.05, 0) is 35.7 Å². The quantitative estimate of drug-likeness (QED) is 0.718. The molecule has 1 heterocycles. The summed E-state index contributed by atoms with van der Waals surface area (Å²) in [5, 5.41) is 7.12. The van der Waals surface area contributed by atoms with Crippen molar-refractivity contribution < 1.29 is 4.39 Å². The van der Waals surface area contributed by atoms with Gasteiger partial charge in [-0.1, -0.05) is 72.8 Å². The molecule has 0 aliphatic carbocycles. The van der Waals surface area contributed by atoms with Crippen molar-refractivity contribution in [3.63, 3.8) is 0 Å². The number of hydrogen-bond acceptors (Lipinski definition) is 1. The molecule has 2 atom stereocenters. The molecular weight excluding hydrogens is 337 g/mol. The van der Waals surface area contributed by atoms with Crippen LogP contribution in [0.25, 0.3) is 0 Å². The number of nitrogens with zero attached hydrogens (tertiary/aromatic N) is 1. The van der Waals surface area contributed by atoms with Gasteiger partial charge in [0.15, 0.2) is 5.96 Å². The number of aliphatic imine (C=N–C) groups is 1. The molecule has 0 unspecified atom stereocenters. The van der Waals surface area contributed by atoms with Crippen LogP contribution in [0.1, 0.15) is 29.7 Å². The summed E-state index contributed by atoms with van der Waals surface area (Å²) < 4.78 is 13.1. The van der Waals surface area contributed by atoms with Crippen molar-refractivity contribution in [3.05, 3.63) is 107 Å². The predicted molar refractivity (Wildman–Crippen MR) is 107 cm³/mol. The maximum absolute atomic E-state index is 13.1. The Labute approximate surface area is 159 Å². The largest absolute Gasteiger partial charge is 0.347 e. The van der Waals surface area contributed by atoms with Crippen molar-refractivity contribution in [2.45, 2.75) is 25.0 Å². The summed E-state index contributed by atoms with van der Waals surface area (Å²) in [6.07, 6.45) is 0. The zero-order valence-corrected chi connectivity index (χ0v) is 15.2. The minimum atomic E-state index is -0.329. The fourth-order valence-corrected chi connectivity index (χ4v) is 3.57. The van der Waals surface area contributed by atoms with Gasteiger partial charge in [-0.25, -0.2) is 9.38 Å². The Morgan fingerprint density at radius 1 is 0.889 bits per heavy atom. The lowest BCUT2D eigenvalue weighted by molar-refractivity contribution is 0.378. The highest BCUT2D eigenvalue weighted by Gasteiger charge is 2.43. The van der Waals surface area contributed by atoms with Gasteiger partial charge in [-0.3, -0.25) is 0 Å². The van der Waals surface area contributed by atoms with E-state index in [-0.39, 0.29) is 17.4 Å². The van der Waals surface area contributed by atoms with Crippen molar-refractivity contribution in [2.75, 3.05) is 0 Å². The molecule has 4 heteroatoms. The Morgan fingerprint density at radius 2 is 1.52 bits per heavy atom. The highest BCUT2D eigenvalue weighted by molar-refractivity contribution is 5.84. The summed E-state index contributed by atoms with van der Waals surface area (Å²) in [6, 6.07) is 27.3. The van der Waals surface area contributed by atoms with Crippen LogP contribution in [0.3, 0.4) is 0 Å². The van der Waals surface area contributed by atoms with E-state index in [1.165, 1.54) is 23.3 Å². The van der Waals surface area contributed by atoms with Gasteiger partial charge < -0.3 is 10.6 Å². The van der Waals surface area contributed by atoms with E-state index in [9.17, 15) is 4.39 Å². The topological polar surface area (TPSA) is 36.4 Å². The Balaban J connectivity index is 1.65. The molecule has 27 heavy (non-hydrogen) atoms. The second kappa shape index (κ2) is 7.23. The van der Waals surface area contributed by atoms with Crippen LogP contribution in [0.4, 0.5) is 4.39 Å². The van der Waals surface area contributed by atoms with Crippen molar-refractivity contribution in [1.82, 2.24) is 10.6 Å². The predicted octanol–water partition coefficient (Wildman–Crippen LogP) is 4.53. The molecule has 4 rings (SSSR count). The van der Waals surface area contributed by atoms with Crippen molar-refractivity contribution in [2.24, 2.45) is 4.99 Å². The molecule has 0 spiro atoms. The first-order valence-electron chi connectivity index (χ1n) is 9.09. The third-order valence-electron chi connectivity index (χ3n) is 5.08. The molecule has 3 aromatic carbocycles. The zero-order chi connectivity index (χ0) is 18.7. The van der Waals surface area contributed by atoms with E-state index in [0.29, 0.717) is 6.54 Å². The molecular formula is C23H22FN3. The normalized spacial score (nSPS) is 23.0. The number of rotatable bonds is 4. The first-order chi connectivity index (χ1) is 13.1. The van der Waals surface area contributed by atoms with Crippen molar-refractivity contribution in [1.29, 1.82) is 0 Å². The van der Waals surface area contributed by atoms with Crippen LogP contribution in [0, 0.1) is 5.82 Å². The minimum absolute atomic E-state index is 0.0491. The smallest absolute Gasteiger partial charge is 0.192 e. The van der Waals surface area contributed by atoms with Gasteiger partial charge in [0.1, 0.15) is 5.82 Å². The molecule has 1 saturated heterocycles. The van der Waals surface area contributed by atoms with E-state index >= 15 is 0 Å². The van der Waals surface area contributed by atoms with Crippen molar-refractivity contribution >= 4 is 5.96 Å². The first-order valence-corrected chi connectivity index (χ1v) is 9.09. The summed E-state index contributed by atoms with van der Waals surface area (Å²) in [5.41, 5.74) is 3.03. The standard InChI is InChI=1S/C23H22FN3/c1-23(19-10-6-3-7-11-19)21(18-8-4-2-5-9-18)26-22(27-23)25-16-17-12-14-20(24)15-13-17/h2-15,21H,16H2,1H3,(H2,25,26,27)/t21-,23+/m0/s1. The van der Waals surface area contributed by atoms with Gasteiger partial charge >= 0.3 is 0 Å². The Bertz CT molecular complexity index is 923. The maximum atomic E-state index is 13.1. The van der Waals surface area contributed by atoms with Crippen LogP contribution in [0.5, 0.6) is 0 Å². The second-order valence-corrected chi connectivity index (χ2v) is 6.97. The molecule has 0 saturated carbocycles. The molecule has 3 aromatic rings. The van der Waals surface area contributed by atoms with Gasteiger partial charge in [-0.2, -0.15) is 0 Å². The van der Waals surface area contributed by atoms with E-state index in [1.54, 1.807) is 12.1 Å². The molecule has 1 aliphatic rings. The number of benzene rings is 3. The summed E-state index contributed by atoms with van der Waals surface area (Å²) >= 11 is 0. The highest BCUT2D eigenvalue weighted by Crippen LogP contribution is 2.38. The van der Waals surface area contributed by atoms with E-state index in [2.05, 4.69) is 66.1 Å². The van der Waals surface area contributed by atoms with Crippen LogP contribution >= 0.6 is 0 Å². The number of guanidine groups is 1. The third kappa shape index (κ3) is 3.56. The Morgan fingerprint density at radius 3 is 2.19 bits per heavy atom. The molecule has 3 nitrogen and oxygen atoms in total. The van der Waals surface area contributed by atoms with Gasteiger partial charge in [0, 0.05) is 0 Å². The van der Waals surface area contributed by atoms with Crippen molar-refractivity contribution in [3.8, 4) is 0 Å². The third-order valence-corrected chi connectivity index (χ3v) is 5.08. The molecule has 0 bridgehead atoms. The Kier molecular flexibility index (Phi) is 4.63. The maximum Gasteiger partial charge on any atom is 0.192 e. The molecule has 2 N–H and O–H groups in total. The monoisotopic (exact) mass is 359 g/mol. The molecule has 136 valence electrons. The minimum Gasteiger partial charge on any atom is -0.347 e. The number of halogens is 1. The molecule has 0 aromatic heterocycles. The van der Waals surface area contributed by atoms with Gasteiger partial charge in [-0.15, -0.1) is 0 Å². The van der Waals surface area contributed by atoms with E-state index in [1.807, 2.05) is 12.1 Å². The molecule has 1 fully saturated rings. The zero-order valence-electron chi connectivity index (χ0n) is 15.2. The second-order valence-electron chi connectivity index (χ2n) is 6.97. The highest BCUT2D eigenvalue weighted by atomic mass is 19.1. The summed E-state index contributed by atoms with van der Waals surface area (Å²) in [6.45, 7) is 2.68. The van der Waals surface area contributed by atoms with E-state index in [0.717, 1.165) is 11.5 Å². The lowest BCUT2D eigenvalue weighted by Gasteiger charge is -2.31.